The van der Waals surface area contributed by atoms with E-state index in [9.17, 15) is 9.59 Å². The maximum Gasteiger partial charge on any atom is 0.341 e. The number of amides is 1. The highest BCUT2D eigenvalue weighted by atomic mass is 32.1. The number of fused-ring (bicyclic) bond motifs is 1. The molecule has 0 aliphatic heterocycles. The molecule has 150 valence electrons. The number of methoxy groups -OCH3 is 1. The quantitative estimate of drug-likeness (QED) is 0.696. The standard InChI is InChI=1S/C22H27NO4S/c1-13(2)15-9-11-16(12-10-15)27-14(3)20(24)23-21-19(22(25)26-4)17-7-5-6-8-18(17)28-21/h9-14H,5-8H2,1-4H3,(H,23,24)/t14-/m0/s1. The van der Waals surface area contributed by atoms with Gasteiger partial charge in [0.1, 0.15) is 10.8 Å². The van der Waals surface area contributed by atoms with E-state index < -0.39 is 12.1 Å². The second-order valence-corrected chi connectivity index (χ2v) is 8.48. The molecule has 1 aliphatic rings. The maximum atomic E-state index is 12.7. The molecule has 1 heterocycles. The molecule has 5 nitrogen and oxygen atoms in total. The molecule has 3 rings (SSSR count). The fourth-order valence-corrected chi connectivity index (χ4v) is 4.65. The third kappa shape index (κ3) is 4.38. The molecule has 1 N–H and O–H groups in total. The van der Waals surface area contributed by atoms with E-state index in [-0.39, 0.29) is 5.91 Å². The molecule has 6 heteroatoms. The summed E-state index contributed by atoms with van der Waals surface area (Å²) in [5.74, 6) is 0.409. The number of aryl methyl sites for hydroxylation is 1. The topological polar surface area (TPSA) is 64.6 Å². The van der Waals surface area contributed by atoms with E-state index >= 15 is 0 Å². The molecule has 0 bridgehead atoms. The minimum absolute atomic E-state index is 0.281. The number of anilines is 1. The lowest BCUT2D eigenvalue weighted by Crippen LogP contribution is -2.30. The van der Waals surface area contributed by atoms with Gasteiger partial charge in [0.25, 0.3) is 5.91 Å². The number of benzene rings is 1. The molecule has 28 heavy (non-hydrogen) atoms. The minimum atomic E-state index is -0.686. The van der Waals surface area contributed by atoms with Crippen LogP contribution >= 0.6 is 11.3 Å². The number of nitrogens with one attached hydrogen (secondary N) is 1. The van der Waals surface area contributed by atoms with Gasteiger partial charge in [-0.3, -0.25) is 4.79 Å². The highest BCUT2D eigenvalue weighted by Crippen LogP contribution is 2.38. The van der Waals surface area contributed by atoms with Crippen LogP contribution in [0.3, 0.4) is 0 Å². The van der Waals surface area contributed by atoms with Gasteiger partial charge in [0.15, 0.2) is 6.10 Å². The smallest absolute Gasteiger partial charge is 0.341 e. The zero-order valence-electron chi connectivity index (χ0n) is 16.8. The van der Waals surface area contributed by atoms with Crippen LogP contribution in [0.2, 0.25) is 0 Å². The number of carbonyl (C=O) groups is 2. The molecule has 0 radical (unpaired) electrons. The summed E-state index contributed by atoms with van der Waals surface area (Å²) in [5, 5.41) is 3.45. The van der Waals surface area contributed by atoms with Gasteiger partial charge in [-0.1, -0.05) is 26.0 Å². The summed E-state index contributed by atoms with van der Waals surface area (Å²) in [6.07, 6.45) is 3.25. The molecule has 0 spiro atoms. The Morgan fingerprint density at radius 2 is 1.75 bits per heavy atom. The molecule has 0 saturated carbocycles. The summed E-state index contributed by atoms with van der Waals surface area (Å²) in [4.78, 5) is 26.2. The Labute approximate surface area is 170 Å². The first-order chi connectivity index (χ1) is 13.4. The van der Waals surface area contributed by atoms with E-state index in [0.717, 1.165) is 31.2 Å². The predicted octanol–water partition coefficient (Wildman–Crippen LogP) is 4.94. The summed E-state index contributed by atoms with van der Waals surface area (Å²) in [6.45, 7) is 5.97. The van der Waals surface area contributed by atoms with Crippen LogP contribution < -0.4 is 10.1 Å². The Morgan fingerprint density at radius 3 is 2.39 bits per heavy atom. The van der Waals surface area contributed by atoms with Crippen molar-refractivity contribution in [1.82, 2.24) is 0 Å². The molecule has 1 aromatic carbocycles. The van der Waals surface area contributed by atoms with E-state index in [1.807, 2.05) is 24.3 Å². The van der Waals surface area contributed by atoms with Gasteiger partial charge in [-0.05, 0) is 61.8 Å². The lowest BCUT2D eigenvalue weighted by atomic mass is 9.95. The van der Waals surface area contributed by atoms with Gasteiger partial charge in [-0.2, -0.15) is 0 Å². The Balaban J connectivity index is 1.73. The van der Waals surface area contributed by atoms with Gasteiger partial charge in [-0.15, -0.1) is 11.3 Å². The van der Waals surface area contributed by atoms with Gasteiger partial charge in [-0.25, -0.2) is 4.79 Å². The van der Waals surface area contributed by atoms with Crippen LogP contribution in [0.4, 0.5) is 5.00 Å². The third-order valence-corrected chi connectivity index (χ3v) is 6.23. The number of esters is 1. The van der Waals surface area contributed by atoms with Crippen LogP contribution in [0.5, 0.6) is 5.75 Å². The number of hydrogen-bond donors (Lipinski definition) is 1. The van der Waals surface area contributed by atoms with Crippen LogP contribution in [-0.2, 0) is 22.4 Å². The number of hydrogen-bond acceptors (Lipinski definition) is 5. The van der Waals surface area contributed by atoms with E-state index in [1.54, 1.807) is 6.92 Å². The maximum absolute atomic E-state index is 12.7. The van der Waals surface area contributed by atoms with Crippen molar-refractivity contribution in [2.24, 2.45) is 0 Å². The van der Waals surface area contributed by atoms with Gasteiger partial charge < -0.3 is 14.8 Å². The summed E-state index contributed by atoms with van der Waals surface area (Å²) in [6, 6.07) is 7.77. The van der Waals surface area contributed by atoms with Gasteiger partial charge in [0.05, 0.1) is 12.7 Å². The summed E-state index contributed by atoms with van der Waals surface area (Å²) >= 11 is 1.47. The second kappa shape index (κ2) is 8.78. The molecule has 2 aromatic rings. The van der Waals surface area contributed by atoms with Gasteiger partial charge in [0, 0.05) is 4.88 Å². The summed E-state index contributed by atoms with van der Waals surface area (Å²) in [7, 11) is 1.37. The van der Waals surface area contributed by atoms with E-state index in [1.165, 1.54) is 28.9 Å². The summed E-state index contributed by atoms with van der Waals surface area (Å²) in [5.41, 5.74) is 2.75. The molecule has 1 amide bonds. The lowest BCUT2D eigenvalue weighted by Gasteiger charge is -2.15. The van der Waals surface area contributed by atoms with Crippen molar-refractivity contribution in [3.8, 4) is 5.75 Å². The van der Waals surface area contributed by atoms with Crippen molar-refractivity contribution >= 4 is 28.2 Å². The van der Waals surface area contributed by atoms with E-state index in [0.29, 0.717) is 22.2 Å². The van der Waals surface area contributed by atoms with Crippen LogP contribution in [-0.4, -0.2) is 25.1 Å². The van der Waals surface area contributed by atoms with Crippen LogP contribution in [0.1, 0.15) is 65.9 Å². The van der Waals surface area contributed by atoms with Crippen molar-refractivity contribution in [3.05, 3.63) is 45.8 Å². The fourth-order valence-electron chi connectivity index (χ4n) is 3.37. The Morgan fingerprint density at radius 1 is 1.07 bits per heavy atom. The molecule has 0 unspecified atom stereocenters. The number of rotatable bonds is 6. The van der Waals surface area contributed by atoms with Crippen LogP contribution in [0.25, 0.3) is 0 Å². The minimum Gasteiger partial charge on any atom is -0.481 e. The molecule has 1 aliphatic carbocycles. The predicted molar refractivity (Wildman–Crippen MR) is 112 cm³/mol. The normalized spacial score (nSPS) is 14.3. The Hall–Kier alpha value is -2.34. The SMILES string of the molecule is COC(=O)c1c(NC(=O)[C@H](C)Oc2ccc(C(C)C)cc2)sc2c1CCCC2. The van der Waals surface area contributed by atoms with Crippen molar-refractivity contribution in [2.45, 2.75) is 58.5 Å². The van der Waals surface area contributed by atoms with E-state index in [4.69, 9.17) is 9.47 Å². The fraction of sp³-hybridized carbons (Fsp3) is 0.455. The average molecular weight is 402 g/mol. The number of carbonyl (C=O) groups excluding carboxylic acids is 2. The molecule has 0 saturated heterocycles. The number of ether oxygens (including phenoxy) is 2. The zero-order valence-corrected chi connectivity index (χ0v) is 17.7. The zero-order chi connectivity index (χ0) is 20.3. The molecule has 1 atom stereocenters. The molecular weight excluding hydrogens is 374 g/mol. The van der Waals surface area contributed by atoms with Crippen molar-refractivity contribution in [2.75, 3.05) is 12.4 Å². The highest BCUT2D eigenvalue weighted by Gasteiger charge is 2.28. The first-order valence-corrected chi connectivity index (χ1v) is 10.5. The van der Waals surface area contributed by atoms with Crippen molar-refractivity contribution < 1.29 is 19.1 Å². The molecule has 0 fully saturated rings. The Bertz CT molecular complexity index is 854. The largest absolute Gasteiger partial charge is 0.481 e. The van der Waals surface area contributed by atoms with Gasteiger partial charge in [0.2, 0.25) is 0 Å². The van der Waals surface area contributed by atoms with Gasteiger partial charge >= 0.3 is 5.97 Å². The Kier molecular flexibility index (Phi) is 6.39. The lowest BCUT2D eigenvalue weighted by molar-refractivity contribution is -0.122. The second-order valence-electron chi connectivity index (χ2n) is 7.38. The van der Waals surface area contributed by atoms with E-state index in [2.05, 4.69) is 19.2 Å². The first-order valence-electron chi connectivity index (χ1n) is 9.71. The van der Waals surface area contributed by atoms with Crippen molar-refractivity contribution in [3.63, 3.8) is 0 Å². The average Bonchev–Trinajstić information content (AvgIpc) is 3.05. The summed E-state index contributed by atoms with van der Waals surface area (Å²) < 4.78 is 10.7. The molecular formula is C22H27NO4S. The number of thiophene rings is 1. The third-order valence-electron chi connectivity index (χ3n) is 5.03. The van der Waals surface area contributed by atoms with Crippen LogP contribution in [0.15, 0.2) is 24.3 Å². The van der Waals surface area contributed by atoms with Crippen LogP contribution in [0, 0.1) is 0 Å². The monoisotopic (exact) mass is 401 g/mol. The first kappa shape index (κ1) is 20.4. The highest BCUT2D eigenvalue weighted by molar-refractivity contribution is 7.17. The molecule has 1 aromatic heterocycles. The van der Waals surface area contributed by atoms with Crippen molar-refractivity contribution in [1.29, 1.82) is 0 Å².